The number of benzene rings is 3. The summed E-state index contributed by atoms with van der Waals surface area (Å²) in [4.78, 5) is 24.8. The molecular formula is C25H20FNO5. The summed E-state index contributed by atoms with van der Waals surface area (Å²) in [5.41, 5.74) is 1.94. The van der Waals surface area contributed by atoms with Crippen LogP contribution >= 0.6 is 0 Å². The van der Waals surface area contributed by atoms with Gasteiger partial charge in [0.25, 0.3) is 5.91 Å². The van der Waals surface area contributed by atoms with Crippen molar-refractivity contribution in [3.05, 3.63) is 94.1 Å². The van der Waals surface area contributed by atoms with E-state index in [2.05, 4.69) is 5.32 Å². The van der Waals surface area contributed by atoms with Crippen LogP contribution in [-0.4, -0.2) is 12.5 Å². The van der Waals surface area contributed by atoms with E-state index in [9.17, 15) is 14.0 Å². The quantitative estimate of drug-likeness (QED) is 0.443. The number of carbonyl (C=O) groups is 1. The van der Waals surface area contributed by atoms with E-state index >= 15 is 0 Å². The molecule has 0 spiro atoms. The Morgan fingerprint density at radius 2 is 1.84 bits per heavy atom. The lowest BCUT2D eigenvalue weighted by atomic mass is 10.1. The van der Waals surface area contributed by atoms with Gasteiger partial charge in [0.05, 0.1) is 11.1 Å². The van der Waals surface area contributed by atoms with Crippen molar-refractivity contribution in [3.8, 4) is 17.2 Å². The molecule has 1 N–H and O–H groups in total. The van der Waals surface area contributed by atoms with E-state index in [1.165, 1.54) is 30.5 Å². The molecule has 0 saturated carbocycles. The number of aryl methyl sites for hydroxylation is 2. The minimum atomic E-state index is -0.535. The Hall–Kier alpha value is -4.13. The van der Waals surface area contributed by atoms with Crippen LogP contribution in [0, 0.1) is 19.7 Å². The maximum atomic E-state index is 13.6. The molecule has 0 aliphatic carbocycles. The lowest BCUT2D eigenvalue weighted by Gasteiger charge is -2.10. The first-order valence-corrected chi connectivity index (χ1v) is 9.88. The van der Waals surface area contributed by atoms with Gasteiger partial charge < -0.3 is 19.2 Å². The molecule has 0 atom stereocenters. The van der Waals surface area contributed by atoms with Gasteiger partial charge >= 0.3 is 0 Å². The third-order valence-electron chi connectivity index (χ3n) is 4.80. The van der Waals surface area contributed by atoms with Gasteiger partial charge in [-0.15, -0.1) is 0 Å². The minimum absolute atomic E-state index is 0.0713. The molecule has 4 rings (SSSR count). The number of para-hydroxylation sites is 1. The second-order valence-electron chi connectivity index (χ2n) is 7.27. The highest BCUT2D eigenvalue weighted by Gasteiger charge is 2.13. The van der Waals surface area contributed by atoms with Crippen LogP contribution in [0.15, 0.2) is 76.1 Å². The highest BCUT2D eigenvalue weighted by molar-refractivity contribution is 5.92. The molecule has 162 valence electrons. The lowest BCUT2D eigenvalue weighted by molar-refractivity contribution is -0.118. The van der Waals surface area contributed by atoms with E-state index in [1.54, 1.807) is 18.2 Å². The summed E-state index contributed by atoms with van der Waals surface area (Å²) in [6.07, 6.45) is 1.25. The Bertz CT molecular complexity index is 1360. The lowest BCUT2D eigenvalue weighted by Crippen LogP contribution is -2.20. The summed E-state index contributed by atoms with van der Waals surface area (Å²) < 4.78 is 30.4. The summed E-state index contributed by atoms with van der Waals surface area (Å²) in [6.45, 7) is 3.49. The average molecular weight is 433 g/mol. The molecule has 6 nitrogen and oxygen atoms in total. The van der Waals surface area contributed by atoms with Crippen LogP contribution in [0.2, 0.25) is 0 Å². The molecular weight excluding hydrogens is 413 g/mol. The fourth-order valence-electron chi connectivity index (χ4n) is 3.08. The Labute approximate surface area is 183 Å². The zero-order valence-electron chi connectivity index (χ0n) is 17.5. The van der Waals surface area contributed by atoms with E-state index in [-0.39, 0.29) is 29.1 Å². The van der Waals surface area contributed by atoms with E-state index in [0.717, 1.165) is 11.1 Å². The molecule has 0 fully saturated rings. The molecule has 1 heterocycles. The summed E-state index contributed by atoms with van der Waals surface area (Å²) in [5, 5.41) is 2.75. The number of ether oxygens (including phenoxy) is 2. The Morgan fingerprint density at radius 1 is 1.03 bits per heavy atom. The average Bonchev–Trinajstić information content (AvgIpc) is 2.78. The van der Waals surface area contributed by atoms with Crippen LogP contribution in [0.3, 0.4) is 0 Å². The molecule has 32 heavy (non-hydrogen) atoms. The Kier molecular flexibility index (Phi) is 5.89. The Balaban J connectivity index is 1.48. The zero-order valence-corrected chi connectivity index (χ0v) is 17.5. The topological polar surface area (TPSA) is 77.8 Å². The molecule has 0 radical (unpaired) electrons. The number of amides is 1. The van der Waals surface area contributed by atoms with E-state index in [1.807, 2.05) is 32.0 Å². The first-order chi connectivity index (χ1) is 15.4. The van der Waals surface area contributed by atoms with Gasteiger partial charge in [0, 0.05) is 6.07 Å². The van der Waals surface area contributed by atoms with Crippen molar-refractivity contribution in [1.29, 1.82) is 0 Å². The standard InChI is InChI=1S/C25H20FNO5/c1-15-7-8-16(2)21(11-15)32-23-13-31-22-12-17(9-10-18(22)25(23)29)30-14-24(28)27-20-6-4-3-5-19(20)26/h3-13H,14H2,1-2H3,(H,27,28). The number of halogens is 1. The molecule has 1 amide bonds. The van der Waals surface area contributed by atoms with Crippen LogP contribution in [0.4, 0.5) is 10.1 Å². The maximum Gasteiger partial charge on any atom is 0.262 e. The van der Waals surface area contributed by atoms with E-state index in [0.29, 0.717) is 16.9 Å². The van der Waals surface area contributed by atoms with Gasteiger partial charge in [0.15, 0.2) is 6.61 Å². The van der Waals surface area contributed by atoms with Gasteiger partial charge in [-0.05, 0) is 55.3 Å². The first kappa shape index (κ1) is 21.1. The zero-order chi connectivity index (χ0) is 22.7. The van der Waals surface area contributed by atoms with Crippen molar-refractivity contribution in [2.75, 3.05) is 11.9 Å². The van der Waals surface area contributed by atoms with Crippen molar-refractivity contribution in [2.24, 2.45) is 0 Å². The highest BCUT2D eigenvalue weighted by Crippen LogP contribution is 2.27. The molecule has 3 aromatic carbocycles. The van der Waals surface area contributed by atoms with Crippen LogP contribution in [-0.2, 0) is 4.79 Å². The fraction of sp³-hybridized carbons (Fsp3) is 0.120. The third kappa shape index (κ3) is 4.62. The SMILES string of the molecule is Cc1ccc(C)c(Oc2coc3cc(OCC(=O)Nc4ccccc4F)ccc3c2=O)c1. The number of hydrogen-bond acceptors (Lipinski definition) is 5. The number of nitrogens with one attached hydrogen (secondary N) is 1. The molecule has 7 heteroatoms. The predicted octanol–water partition coefficient (Wildman–Crippen LogP) is 5.36. The van der Waals surface area contributed by atoms with Crippen molar-refractivity contribution < 1.29 is 23.1 Å². The van der Waals surface area contributed by atoms with Crippen LogP contribution < -0.4 is 20.2 Å². The van der Waals surface area contributed by atoms with Gasteiger partial charge in [0.1, 0.15) is 29.2 Å². The summed E-state index contributed by atoms with van der Waals surface area (Å²) in [7, 11) is 0. The smallest absolute Gasteiger partial charge is 0.262 e. The largest absolute Gasteiger partial charge is 0.484 e. The molecule has 4 aromatic rings. The molecule has 1 aromatic heterocycles. The molecule has 0 saturated heterocycles. The first-order valence-electron chi connectivity index (χ1n) is 9.88. The van der Waals surface area contributed by atoms with Crippen molar-refractivity contribution in [1.82, 2.24) is 0 Å². The molecule has 0 aliphatic heterocycles. The predicted molar refractivity (Wildman–Crippen MR) is 119 cm³/mol. The number of carbonyl (C=O) groups excluding carboxylic acids is 1. The summed E-state index contributed by atoms with van der Waals surface area (Å²) >= 11 is 0. The monoisotopic (exact) mass is 433 g/mol. The van der Waals surface area contributed by atoms with E-state index < -0.39 is 11.7 Å². The third-order valence-corrected chi connectivity index (χ3v) is 4.80. The van der Waals surface area contributed by atoms with Crippen molar-refractivity contribution in [2.45, 2.75) is 13.8 Å². The molecule has 0 unspecified atom stereocenters. The molecule has 0 bridgehead atoms. The van der Waals surface area contributed by atoms with Crippen LogP contribution in [0.1, 0.15) is 11.1 Å². The normalized spacial score (nSPS) is 10.7. The summed E-state index contributed by atoms with van der Waals surface area (Å²) in [5.74, 6) is -0.0738. The van der Waals surface area contributed by atoms with Crippen LogP contribution in [0.25, 0.3) is 11.0 Å². The van der Waals surface area contributed by atoms with Gasteiger partial charge in [-0.2, -0.15) is 0 Å². The van der Waals surface area contributed by atoms with Gasteiger partial charge in [0.2, 0.25) is 11.2 Å². The summed E-state index contributed by atoms with van der Waals surface area (Å²) in [6, 6.07) is 16.2. The number of hydrogen-bond donors (Lipinski definition) is 1. The second kappa shape index (κ2) is 8.93. The van der Waals surface area contributed by atoms with E-state index in [4.69, 9.17) is 13.9 Å². The number of anilines is 1. The Morgan fingerprint density at radius 3 is 2.66 bits per heavy atom. The van der Waals surface area contributed by atoms with Gasteiger partial charge in [-0.1, -0.05) is 24.3 Å². The number of fused-ring (bicyclic) bond motifs is 1. The fourth-order valence-corrected chi connectivity index (χ4v) is 3.08. The number of rotatable bonds is 6. The molecule has 0 aliphatic rings. The maximum absolute atomic E-state index is 13.6. The van der Waals surface area contributed by atoms with Gasteiger partial charge in [-0.3, -0.25) is 9.59 Å². The van der Waals surface area contributed by atoms with Gasteiger partial charge in [-0.25, -0.2) is 4.39 Å². The second-order valence-corrected chi connectivity index (χ2v) is 7.27. The van der Waals surface area contributed by atoms with Crippen molar-refractivity contribution >= 4 is 22.6 Å². The minimum Gasteiger partial charge on any atom is -0.484 e. The van der Waals surface area contributed by atoms with Crippen LogP contribution in [0.5, 0.6) is 17.2 Å². The van der Waals surface area contributed by atoms with Crippen molar-refractivity contribution in [3.63, 3.8) is 0 Å². The highest BCUT2D eigenvalue weighted by atomic mass is 19.1.